The van der Waals surface area contributed by atoms with Gasteiger partial charge in [0.1, 0.15) is 5.69 Å². The molecule has 18 heavy (non-hydrogen) atoms. The van der Waals surface area contributed by atoms with Crippen LogP contribution in [0.5, 0.6) is 11.6 Å². The standard InChI is InChI=1S/C13H20N2O3/c1-3-5-7-17-12-9-11(10-16)14-15-13(12)18-8-6-4-2/h9-10H,3-8H2,1-2H3. The molecule has 1 aromatic heterocycles. The third-order valence-electron chi connectivity index (χ3n) is 2.36. The number of rotatable bonds is 9. The molecule has 0 aliphatic rings. The van der Waals surface area contributed by atoms with Crippen LogP contribution in [0.15, 0.2) is 6.07 Å². The van der Waals surface area contributed by atoms with Gasteiger partial charge in [0.15, 0.2) is 12.0 Å². The summed E-state index contributed by atoms with van der Waals surface area (Å²) in [6.45, 7) is 5.34. The second kappa shape index (κ2) is 8.44. The molecule has 0 atom stereocenters. The van der Waals surface area contributed by atoms with E-state index in [1.807, 2.05) is 0 Å². The van der Waals surface area contributed by atoms with Gasteiger partial charge in [-0.05, 0) is 12.8 Å². The molecule has 0 fully saturated rings. The predicted molar refractivity (Wildman–Crippen MR) is 68.2 cm³/mol. The van der Waals surface area contributed by atoms with Crippen molar-refractivity contribution in [3.63, 3.8) is 0 Å². The van der Waals surface area contributed by atoms with E-state index in [2.05, 4.69) is 24.0 Å². The molecule has 0 saturated heterocycles. The Morgan fingerprint density at radius 2 is 1.78 bits per heavy atom. The van der Waals surface area contributed by atoms with Gasteiger partial charge in [-0.15, -0.1) is 10.2 Å². The van der Waals surface area contributed by atoms with Gasteiger partial charge in [0.05, 0.1) is 13.2 Å². The minimum Gasteiger partial charge on any atom is -0.488 e. The fraction of sp³-hybridized carbons (Fsp3) is 0.615. The number of carbonyl (C=O) groups excluding carboxylic acids is 1. The zero-order chi connectivity index (χ0) is 13.2. The number of aromatic nitrogens is 2. The van der Waals surface area contributed by atoms with Gasteiger partial charge in [0.25, 0.3) is 5.88 Å². The Morgan fingerprint density at radius 1 is 1.11 bits per heavy atom. The van der Waals surface area contributed by atoms with E-state index >= 15 is 0 Å². The van der Waals surface area contributed by atoms with E-state index < -0.39 is 0 Å². The van der Waals surface area contributed by atoms with Crippen LogP contribution in [0.25, 0.3) is 0 Å². The van der Waals surface area contributed by atoms with Crippen molar-refractivity contribution >= 4 is 6.29 Å². The van der Waals surface area contributed by atoms with Crippen molar-refractivity contribution in [2.24, 2.45) is 0 Å². The normalized spacial score (nSPS) is 10.1. The summed E-state index contributed by atoms with van der Waals surface area (Å²) >= 11 is 0. The van der Waals surface area contributed by atoms with Crippen LogP contribution >= 0.6 is 0 Å². The van der Waals surface area contributed by atoms with Gasteiger partial charge in [-0.25, -0.2) is 0 Å². The predicted octanol–water partition coefficient (Wildman–Crippen LogP) is 2.65. The highest BCUT2D eigenvalue weighted by molar-refractivity contribution is 5.72. The molecule has 0 aliphatic heterocycles. The number of hydrogen-bond donors (Lipinski definition) is 0. The molecule has 5 nitrogen and oxygen atoms in total. The largest absolute Gasteiger partial charge is 0.488 e. The van der Waals surface area contributed by atoms with Crippen molar-refractivity contribution in [2.75, 3.05) is 13.2 Å². The maximum Gasteiger partial charge on any atom is 0.276 e. The van der Waals surface area contributed by atoms with Crippen LogP contribution in [0.4, 0.5) is 0 Å². The quantitative estimate of drug-likeness (QED) is 0.499. The van der Waals surface area contributed by atoms with Crippen molar-refractivity contribution < 1.29 is 14.3 Å². The zero-order valence-electron chi connectivity index (χ0n) is 11.0. The van der Waals surface area contributed by atoms with E-state index in [0.29, 0.717) is 31.1 Å². The smallest absolute Gasteiger partial charge is 0.276 e. The molecular weight excluding hydrogens is 232 g/mol. The molecule has 0 aliphatic carbocycles. The van der Waals surface area contributed by atoms with Crippen LogP contribution < -0.4 is 9.47 Å². The number of nitrogens with zero attached hydrogens (tertiary/aromatic N) is 2. The van der Waals surface area contributed by atoms with Gasteiger partial charge in [-0.1, -0.05) is 26.7 Å². The first-order chi connectivity index (χ1) is 8.81. The van der Waals surface area contributed by atoms with Crippen LogP contribution in [-0.4, -0.2) is 29.7 Å². The first-order valence-electron chi connectivity index (χ1n) is 6.40. The summed E-state index contributed by atoms with van der Waals surface area (Å²) in [5.41, 5.74) is 0.254. The Labute approximate surface area is 108 Å². The first kappa shape index (κ1) is 14.4. The van der Waals surface area contributed by atoms with E-state index in [0.717, 1.165) is 25.7 Å². The van der Waals surface area contributed by atoms with Crippen LogP contribution in [0, 0.1) is 0 Å². The van der Waals surface area contributed by atoms with Crippen molar-refractivity contribution in [1.82, 2.24) is 10.2 Å². The molecule has 1 heterocycles. The van der Waals surface area contributed by atoms with Crippen molar-refractivity contribution in [1.29, 1.82) is 0 Å². The lowest BCUT2D eigenvalue weighted by atomic mass is 10.3. The molecule has 1 aromatic rings. The number of unbranched alkanes of at least 4 members (excludes halogenated alkanes) is 2. The molecule has 0 spiro atoms. The van der Waals surface area contributed by atoms with Gasteiger partial charge < -0.3 is 9.47 Å². The Morgan fingerprint density at radius 3 is 2.39 bits per heavy atom. The maximum atomic E-state index is 10.7. The fourth-order valence-corrected chi connectivity index (χ4v) is 1.28. The molecule has 0 amide bonds. The van der Waals surface area contributed by atoms with E-state index in [4.69, 9.17) is 9.47 Å². The van der Waals surface area contributed by atoms with Crippen molar-refractivity contribution in [2.45, 2.75) is 39.5 Å². The molecule has 1 rings (SSSR count). The highest BCUT2D eigenvalue weighted by Gasteiger charge is 2.09. The van der Waals surface area contributed by atoms with Crippen molar-refractivity contribution in [3.8, 4) is 11.6 Å². The monoisotopic (exact) mass is 252 g/mol. The summed E-state index contributed by atoms with van der Waals surface area (Å²) < 4.78 is 11.1. The Bertz CT molecular complexity index is 369. The number of hydrogen-bond acceptors (Lipinski definition) is 5. The molecule has 100 valence electrons. The minimum atomic E-state index is 0.254. The van der Waals surface area contributed by atoms with E-state index in [9.17, 15) is 4.79 Å². The molecular formula is C13H20N2O3. The number of carbonyl (C=O) groups is 1. The van der Waals surface area contributed by atoms with Gasteiger partial charge >= 0.3 is 0 Å². The van der Waals surface area contributed by atoms with Crippen LogP contribution in [-0.2, 0) is 0 Å². The summed E-state index contributed by atoms with van der Waals surface area (Å²) in [6, 6.07) is 1.57. The van der Waals surface area contributed by atoms with Crippen LogP contribution in [0.2, 0.25) is 0 Å². The summed E-state index contributed by atoms with van der Waals surface area (Å²) in [6.07, 6.45) is 4.64. The molecule has 0 bridgehead atoms. The lowest BCUT2D eigenvalue weighted by Crippen LogP contribution is -2.06. The third kappa shape index (κ3) is 4.69. The summed E-state index contributed by atoms with van der Waals surface area (Å²) in [7, 11) is 0. The molecule has 0 aromatic carbocycles. The maximum absolute atomic E-state index is 10.7. The van der Waals surface area contributed by atoms with Gasteiger partial charge in [-0.3, -0.25) is 4.79 Å². The number of aldehydes is 1. The molecule has 0 unspecified atom stereocenters. The lowest BCUT2D eigenvalue weighted by molar-refractivity contribution is 0.111. The van der Waals surface area contributed by atoms with Gasteiger partial charge in [0, 0.05) is 6.07 Å². The molecule has 0 radical (unpaired) electrons. The average Bonchev–Trinajstić information content (AvgIpc) is 2.40. The lowest BCUT2D eigenvalue weighted by Gasteiger charge is -2.10. The second-order valence-electron chi connectivity index (χ2n) is 3.96. The molecule has 0 saturated carbocycles. The van der Waals surface area contributed by atoms with Crippen molar-refractivity contribution in [3.05, 3.63) is 11.8 Å². The van der Waals surface area contributed by atoms with E-state index in [1.54, 1.807) is 6.07 Å². The highest BCUT2D eigenvalue weighted by atomic mass is 16.5. The molecule has 5 heteroatoms. The molecule has 0 N–H and O–H groups in total. The number of ether oxygens (including phenoxy) is 2. The zero-order valence-corrected chi connectivity index (χ0v) is 11.0. The Hall–Kier alpha value is -1.65. The van der Waals surface area contributed by atoms with E-state index in [1.165, 1.54) is 0 Å². The second-order valence-corrected chi connectivity index (χ2v) is 3.96. The Kier molecular flexibility index (Phi) is 6.76. The fourth-order valence-electron chi connectivity index (χ4n) is 1.28. The van der Waals surface area contributed by atoms with E-state index in [-0.39, 0.29) is 5.69 Å². The summed E-state index contributed by atoms with van der Waals surface area (Å²) in [4.78, 5) is 10.7. The Balaban J connectivity index is 2.69. The van der Waals surface area contributed by atoms with Gasteiger partial charge in [-0.2, -0.15) is 0 Å². The van der Waals surface area contributed by atoms with Crippen LogP contribution in [0.3, 0.4) is 0 Å². The minimum absolute atomic E-state index is 0.254. The summed E-state index contributed by atoms with van der Waals surface area (Å²) in [5, 5.41) is 7.61. The topological polar surface area (TPSA) is 61.3 Å². The van der Waals surface area contributed by atoms with Gasteiger partial charge in [0.2, 0.25) is 0 Å². The summed E-state index contributed by atoms with van der Waals surface area (Å²) in [5.74, 6) is 0.863. The third-order valence-corrected chi connectivity index (χ3v) is 2.36. The SMILES string of the molecule is CCCCOc1cc(C=O)nnc1OCCCC. The first-order valence-corrected chi connectivity index (χ1v) is 6.40. The average molecular weight is 252 g/mol. The highest BCUT2D eigenvalue weighted by Crippen LogP contribution is 2.24. The van der Waals surface area contributed by atoms with Crippen LogP contribution in [0.1, 0.15) is 50.0 Å².